The lowest BCUT2D eigenvalue weighted by atomic mass is 10.1. The van der Waals surface area contributed by atoms with Crippen LogP contribution in [0.1, 0.15) is 22.5 Å². The number of nitrogens with zero attached hydrogens (tertiary/aromatic N) is 3. The molecule has 0 atom stereocenters. The van der Waals surface area contributed by atoms with Crippen LogP contribution in [-0.4, -0.2) is 15.4 Å². The molecule has 3 rings (SSSR count). The Morgan fingerprint density at radius 3 is 2.85 bits per heavy atom. The zero-order valence-corrected chi connectivity index (χ0v) is 16.0. The third kappa shape index (κ3) is 3.57. The maximum Gasteiger partial charge on any atom is 0.329 e. The number of primary amides is 1. The molecule has 0 saturated heterocycles. The number of pyridine rings is 1. The summed E-state index contributed by atoms with van der Waals surface area (Å²) >= 11 is 4.18. The van der Waals surface area contributed by atoms with Crippen LogP contribution in [0, 0.1) is 26.2 Å². The number of carbonyl (C=O) groups is 1. The molecular formula is C20H20N4O2S. The number of urea groups is 1. The van der Waals surface area contributed by atoms with Crippen molar-refractivity contribution in [2.45, 2.75) is 26.9 Å². The van der Waals surface area contributed by atoms with Crippen LogP contribution in [0.5, 0.6) is 5.75 Å². The van der Waals surface area contributed by atoms with Crippen molar-refractivity contribution in [3.63, 3.8) is 0 Å². The van der Waals surface area contributed by atoms with Crippen molar-refractivity contribution in [3.05, 3.63) is 59.0 Å². The molecule has 0 fully saturated rings. The van der Waals surface area contributed by atoms with E-state index in [2.05, 4.69) is 23.7 Å². The van der Waals surface area contributed by atoms with Gasteiger partial charge >= 0.3 is 6.03 Å². The van der Waals surface area contributed by atoms with E-state index >= 15 is 0 Å². The van der Waals surface area contributed by atoms with Crippen LogP contribution < -0.4 is 14.8 Å². The number of hydrogen-bond acceptors (Lipinski definition) is 4. The van der Waals surface area contributed by atoms with Crippen molar-refractivity contribution in [2.24, 2.45) is 5.73 Å². The van der Waals surface area contributed by atoms with E-state index in [0.29, 0.717) is 23.5 Å². The molecule has 7 heteroatoms. The molecule has 2 N–H and O–H groups in total. The average molecular weight is 380 g/mol. The molecule has 0 bridgehead atoms. The Labute approximate surface area is 163 Å². The number of benzene rings is 1. The minimum atomic E-state index is -0.657. The van der Waals surface area contributed by atoms with E-state index in [4.69, 9.17) is 16.9 Å². The predicted octanol–water partition coefficient (Wildman–Crippen LogP) is 3.44. The molecule has 0 saturated carbocycles. The van der Waals surface area contributed by atoms with E-state index < -0.39 is 6.03 Å². The van der Waals surface area contributed by atoms with Gasteiger partial charge in [0.15, 0.2) is 11.4 Å². The van der Waals surface area contributed by atoms with Gasteiger partial charge in [0, 0.05) is 11.8 Å². The molecular weight excluding hydrogens is 360 g/mol. The SMILES string of the molecule is C#CCc1c(C)nc2c(OCc3c(C)cccc3N(S)C(N)=O)cccn12. The van der Waals surface area contributed by atoms with Gasteiger partial charge in [-0.25, -0.2) is 14.1 Å². The minimum Gasteiger partial charge on any atom is -0.485 e. The molecule has 0 aliphatic carbocycles. The van der Waals surface area contributed by atoms with E-state index in [1.807, 2.05) is 48.7 Å². The molecule has 6 nitrogen and oxygen atoms in total. The standard InChI is InChI=1S/C20H20N4O2S/c1-4-7-16-14(3)22-19-18(10-6-11-23(16)19)26-12-15-13(2)8-5-9-17(15)24(27)20(21)25/h1,5-6,8-11,27H,7,12H2,2-3H3,(H2,21,25). The van der Waals surface area contributed by atoms with Crippen LogP contribution in [0.4, 0.5) is 10.5 Å². The van der Waals surface area contributed by atoms with Crippen molar-refractivity contribution in [2.75, 3.05) is 4.31 Å². The number of rotatable bonds is 5. The van der Waals surface area contributed by atoms with Gasteiger partial charge < -0.3 is 10.5 Å². The lowest BCUT2D eigenvalue weighted by Gasteiger charge is -2.19. The highest BCUT2D eigenvalue weighted by Gasteiger charge is 2.16. The van der Waals surface area contributed by atoms with Gasteiger partial charge in [0.25, 0.3) is 0 Å². The summed E-state index contributed by atoms with van der Waals surface area (Å²) in [7, 11) is 0. The molecule has 2 heterocycles. The number of amides is 2. The normalized spacial score (nSPS) is 10.6. The first-order valence-electron chi connectivity index (χ1n) is 8.33. The number of hydrogen-bond donors (Lipinski definition) is 2. The molecule has 2 aromatic heterocycles. The first-order valence-corrected chi connectivity index (χ1v) is 8.73. The second-order valence-electron chi connectivity index (χ2n) is 6.10. The van der Waals surface area contributed by atoms with Crippen molar-refractivity contribution < 1.29 is 9.53 Å². The largest absolute Gasteiger partial charge is 0.485 e. The van der Waals surface area contributed by atoms with Crippen LogP contribution in [0.3, 0.4) is 0 Å². The van der Waals surface area contributed by atoms with E-state index in [1.54, 1.807) is 6.07 Å². The fourth-order valence-electron chi connectivity index (χ4n) is 2.97. The molecule has 0 aliphatic heterocycles. The summed E-state index contributed by atoms with van der Waals surface area (Å²) in [6, 6.07) is 8.63. The second kappa shape index (κ2) is 7.64. The summed E-state index contributed by atoms with van der Waals surface area (Å²) in [6.45, 7) is 4.10. The highest BCUT2D eigenvalue weighted by molar-refractivity contribution is 7.82. The number of carbonyl (C=O) groups excluding carboxylic acids is 1. The Hall–Kier alpha value is -3.11. The number of anilines is 1. The van der Waals surface area contributed by atoms with Gasteiger partial charge in [0.1, 0.15) is 6.61 Å². The Balaban J connectivity index is 1.96. The fourth-order valence-corrected chi connectivity index (χ4v) is 3.16. The van der Waals surface area contributed by atoms with Crippen LogP contribution in [-0.2, 0) is 13.0 Å². The summed E-state index contributed by atoms with van der Waals surface area (Å²) in [5.41, 5.74) is 10.3. The number of aryl methyl sites for hydroxylation is 2. The molecule has 138 valence electrons. The third-order valence-electron chi connectivity index (χ3n) is 4.38. The van der Waals surface area contributed by atoms with Crippen molar-refractivity contribution in [3.8, 4) is 18.1 Å². The van der Waals surface area contributed by atoms with Crippen molar-refractivity contribution in [1.82, 2.24) is 9.38 Å². The summed E-state index contributed by atoms with van der Waals surface area (Å²) in [4.78, 5) is 16.1. The van der Waals surface area contributed by atoms with Crippen molar-refractivity contribution >= 4 is 30.2 Å². The van der Waals surface area contributed by atoms with Crippen LogP contribution in [0.15, 0.2) is 36.5 Å². The van der Waals surface area contributed by atoms with E-state index in [9.17, 15) is 4.79 Å². The van der Waals surface area contributed by atoms with Gasteiger partial charge in [0.2, 0.25) is 0 Å². The predicted molar refractivity (Wildman–Crippen MR) is 109 cm³/mol. The Bertz CT molecular complexity index is 1050. The van der Waals surface area contributed by atoms with Crippen LogP contribution in [0.25, 0.3) is 5.65 Å². The number of imidazole rings is 1. The lowest BCUT2D eigenvalue weighted by molar-refractivity contribution is 0.257. The van der Waals surface area contributed by atoms with E-state index in [1.165, 1.54) is 0 Å². The Morgan fingerprint density at radius 2 is 2.15 bits per heavy atom. The molecule has 0 spiro atoms. The topological polar surface area (TPSA) is 72.9 Å². The van der Waals surface area contributed by atoms with Gasteiger partial charge in [-0.05, 0) is 37.6 Å². The zero-order valence-electron chi connectivity index (χ0n) is 15.1. The summed E-state index contributed by atoms with van der Waals surface area (Å²) < 4.78 is 9.11. The highest BCUT2D eigenvalue weighted by Crippen LogP contribution is 2.28. The quantitative estimate of drug-likeness (QED) is 0.526. The first-order chi connectivity index (χ1) is 12.9. The zero-order chi connectivity index (χ0) is 19.6. The summed E-state index contributed by atoms with van der Waals surface area (Å²) in [5.74, 6) is 3.29. The summed E-state index contributed by atoms with van der Waals surface area (Å²) in [6.07, 6.45) is 7.87. The minimum absolute atomic E-state index is 0.238. The number of ether oxygens (including phenoxy) is 1. The fraction of sp³-hybridized carbons (Fsp3) is 0.200. The lowest BCUT2D eigenvalue weighted by Crippen LogP contribution is -2.28. The maximum atomic E-state index is 11.5. The number of terminal acetylenes is 1. The molecule has 27 heavy (non-hydrogen) atoms. The highest BCUT2D eigenvalue weighted by atomic mass is 32.1. The first kappa shape index (κ1) is 18.7. The molecule has 3 aromatic rings. The van der Waals surface area contributed by atoms with Gasteiger partial charge in [-0.1, -0.05) is 24.9 Å². The summed E-state index contributed by atoms with van der Waals surface area (Å²) in [5, 5.41) is 0. The Kier molecular flexibility index (Phi) is 5.28. The molecule has 0 radical (unpaired) electrons. The number of fused-ring (bicyclic) bond motifs is 1. The molecule has 0 unspecified atom stereocenters. The number of thiol groups is 1. The second-order valence-corrected chi connectivity index (χ2v) is 6.50. The van der Waals surface area contributed by atoms with Gasteiger partial charge in [-0.15, -0.1) is 12.3 Å². The maximum absolute atomic E-state index is 11.5. The van der Waals surface area contributed by atoms with Crippen molar-refractivity contribution in [1.29, 1.82) is 0 Å². The molecule has 2 amide bonds. The van der Waals surface area contributed by atoms with E-state index in [-0.39, 0.29) is 6.61 Å². The van der Waals surface area contributed by atoms with Crippen LogP contribution in [0.2, 0.25) is 0 Å². The number of aromatic nitrogens is 2. The van der Waals surface area contributed by atoms with Gasteiger partial charge in [-0.2, -0.15) is 0 Å². The van der Waals surface area contributed by atoms with Crippen LogP contribution >= 0.6 is 12.8 Å². The molecule has 1 aromatic carbocycles. The van der Waals surface area contributed by atoms with Gasteiger partial charge in [-0.3, -0.25) is 4.40 Å². The molecule has 0 aliphatic rings. The average Bonchev–Trinajstić information content (AvgIpc) is 2.96. The smallest absolute Gasteiger partial charge is 0.329 e. The Morgan fingerprint density at radius 1 is 1.37 bits per heavy atom. The van der Waals surface area contributed by atoms with Gasteiger partial charge in [0.05, 0.1) is 23.5 Å². The number of nitrogens with two attached hydrogens (primary N) is 1. The van der Waals surface area contributed by atoms with E-state index in [0.717, 1.165) is 26.8 Å². The monoisotopic (exact) mass is 380 g/mol. The third-order valence-corrected chi connectivity index (χ3v) is 4.79.